The molecule has 43 heavy (non-hydrogen) atoms. The predicted octanol–water partition coefficient (Wildman–Crippen LogP) is 5.18. The SMILES string of the molecule is CC(C)(C)OC(=O)NC(Cc1ccccc1)C(=O)N(CCO)C(C(=O)Nc1ccc2ccccc2c1)c1ccccc1O. The second-order valence-electron chi connectivity index (χ2n) is 11.2. The third-order valence-corrected chi connectivity index (χ3v) is 6.70. The van der Waals surface area contributed by atoms with E-state index in [1.165, 1.54) is 11.0 Å². The van der Waals surface area contributed by atoms with Gasteiger partial charge < -0.3 is 30.5 Å². The zero-order chi connectivity index (χ0) is 31.0. The fourth-order valence-corrected chi connectivity index (χ4v) is 4.82. The van der Waals surface area contributed by atoms with Gasteiger partial charge in [-0.1, -0.05) is 78.9 Å². The van der Waals surface area contributed by atoms with Gasteiger partial charge in [0, 0.05) is 24.2 Å². The third-order valence-electron chi connectivity index (χ3n) is 6.70. The van der Waals surface area contributed by atoms with Crippen LogP contribution >= 0.6 is 0 Å². The molecule has 0 aliphatic carbocycles. The molecule has 0 fully saturated rings. The molecule has 224 valence electrons. The van der Waals surface area contributed by atoms with Crippen LogP contribution in [0.3, 0.4) is 0 Å². The number of benzene rings is 4. The van der Waals surface area contributed by atoms with E-state index in [1.54, 1.807) is 45.0 Å². The molecule has 0 aliphatic heterocycles. The maximum Gasteiger partial charge on any atom is 0.408 e. The Kier molecular flexibility index (Phi) is 10.0. The Morgan fingerprint density at radius 3 is 2.19 bits per heavy atom. The minimum absolute atomic E-state index is 0.0978. The molecule has 0 aromatic heterocycles. The number of phenolic OH excluding ortho intramolecular Hbond substituents is 1. The van der Waals surface area contributed by atoms with Gasteiger partial charge in [0.25, 0.3) is 5.91 Å². The predicted molar refractivity (Wildman–Crippen MR) is 166 cm³/mol. The highest BCUT2D eigenvalue weighted by Crippen LogP contribution is 2.31. The van der Waals surface area contributed by atoms with Crippen molar-refractivity contribution >= 4 is 34.4 Å². The molecule has 0 saturated carbocycles. The van der Waals surface area contributed by atoms with Crippen LogP contribution in [0.4, 0.5) is 10.5 Å². The minimum Gasteiger partial charge on any atom is -0.508 e. The molecule has 0 bridgehead atoms. The molecule has 4 rings (SSSR count). The smallest absolute Gasteiger partial charge is 0.408 e. The van der Waals surface area contributed by atoms with Crippen LogP contribution < -0.4 is 10.6 Å². The largest absolute Gasteiger partial charge is 0.508 e. The maximum atomic E-state index is 14.3. The van der Waals surface area contributed by atoms with Crippen LogP contribution in [-0.2, 0) is 20.7 Å². The first-order valence-electron chi connectivity index (χ1n) is 14.1. The van der Waals surface area contributed by atoms with Crippen molar-refractivity contribution in [1.82, 2.24) is 10.2 Å². The summed E-state index contributed by atoms with van der Waals surface area (Å²) in [6.07, 6.45) is -0.703. The summed E-state index contributed by atoms with van der Waals surface area (Å²) in [4.78, 5) is 42.3. The lowest BCUT2D eigenvalue weighted by Gasteiger charge is -2.34. The topological polar surface area (TPSA) is 128 Å². The number of rotatable bonds is 10. The summed E-state index contributed by atoms with van der Waals surface area (Å²) in [5, 5.41) is 28.3. The van der Waals surface area contributed by atoms with Gasteiger partial charge in [-0.15, -0.1) is 0 Å². The van der Waals surface area contributed by atoms with Gasteiger partial charge in [0.1, 0.15) is 23.4 Å². The number of aliphatic hydroxyl groups excluding tert-OH is 1. The Labute approximate surface area is 251 Å². The summed E-state index contributed by atoms with van der Waals surface area (Å²) in [6, 6.07) is 26.0. The van der Waals surface area contributed by atoms with Crippen LogP contribution in [0.25, 0.3) is 10.8 Å². The van der Waals surface area contributed by atoms with E-state index in [2.05, 4.69) is 10.6 Å². The van der Waals surface area contributed by atoms with E-state index < -0.39 is 42.2 Å². The Morgan fingerprint density at radius 2 is 1.51 bits per heavy atom. The van der Waals surface area contributed by atoms with Crippen molar-refractivity contribution in [2.45, 2.75) is 44.9 Å². The lowest BCUT2D eigenvalue weighted by atomic mass is 9.99. The lowest BCUT2D eigenvalue weighted by Crippen LogP contribution is -2.53. The highest BCUT2D eigenvalue weighted by molar-refractivity contribution is 6.00. The molecular formula is C34H37N3O6. The molecule has 4 aromatic carbocycles. The number of nitrogens with zero attached hydrogens (tertiary/aromatic N) is 1. The maximum absolute atomic E-state index is 14.3. The van der Waals surface area contributed by atoms with E-state index in [0.29, 0.717) is 5.69 Å². The van der Waals surface area contributed by atoms with Crippen molar-refractivity contribution in [2.75, 3.05) is 18.5 Å². The Balaban J connectivity index is 1.72. The molecule has 9 heteroatoms. The van der Waals surface area contributed by atoms with Gasteiger partial charge >= 0.3 is 6.09 Å². The van der Waals surface area contributed by atoms with E-state index in [4.69, 9.17) is 4.74 Å². The van der Waals surface area contributed by atoms with Crippen molar-refractivity contribution in [3.05, 3.63) is 108 Å². The summed E-state index contributed by atoms with van der Waals surface area (Å²) < 4.78 is 5.43. The van der Waals surface area contributed by atoms with Gasteiger partial charge in [-0.05, 0) is 55.3 Å². The summed E-state index contributed by atoms with van der Waals surface area (Å²) in [5.41, 5.74) is 0.611. The number of hydrogen-bond donors (Lipinski definition) is 4. The van der Waals surface area contributed by atoms with Crippen molar-refractivity contribution in [3.63, 3.8) is 0 Å². The van der Waals surface area contributed by atoms with Gasteiger partial charge in [-0.25, -0.2) is 4.79 Å². The van der Waals surface area contributed by atoms with Crippen molar-refractivity contribution in [2.24, 2.45) is 0 Å². The number of aliphatic hydroxyl groups is 1. The number of fused-ring (bicyclic) bond motifs is 1. The zero-order valence-corrected chi connectivity index (χ0v) is 24.5. The van der Waals surface area contributed by atoms with Crippen molar-refractivity contribution in [3.8, 4) is 5.75 Å². The van der Waals surface area contributed by atoms with E-state index in [1.807, 2.05) is 66.7 Å². The molecule has 4 aromatic rings. The number of phenols is 1. The molecule has 0 aliphatic rings. The zero-order valence-electron chi connectivity index (χ0n) is 24.5. The number of hydrogen-bond acceptors (Lipinski definition) is 6. The van der Waals surface area contributed by atoms with E-state index in [-0.39, 0.29) is 24.3 Å². The highest BCUT2D eigenvalue weighted by Gasteiger charge is 2.37. The van der Waals surface area contributed by atoms with E-state index in [9.17, 15) is 24.6 Å². The molecule has 0 radical (unpaired) electrons. The molecule has 9 nitrogen and oxygen atoms in total. The molecule has 0 spiro atoms. The van der Waals surface area contributed by atoms with Crippen LogP contribution in [0.5, 0.6) is 5.75 Å². The standard InChI is InChI=1S/C34H37N3O6/c1-34(2,3)43-33(42)36-28(21-23-11-5-4-6-12-23)32(41)37(19-20-38)30(27-15-9-10-16-29(27)39)31(40)35-26-18-17-24-13-7-8-14-25(24)22-26/h4-18,22,28,30,38-39H,19-21H2,1-3H3,(H,35,40)(H,36,42). The molecule has 2 unspecified atom stereocenters. The highest BCUT2D eigenvalue weighted by atomic mass is 16.6. The normalized spacial score (nSPS) is 12.7. The van der Waals surface area contributed by atoms with Crippen molar-refractivity contribution in [1.29, 1.82) is 0 Å². The number of aromatic hydroxyl groups is 1. The number of ether oxygens (including phenoxy) is 1. The fraction of sp³-hybridized carbons (Fsp3) is 0.265. The summed E-state index contributed by atoms with van der Waals surface area (Å²) in [6.45, 7) is 4.42. The number of carbonyl (C=O) groups is 3. The van der Waals surface area contributed by atoms with Gasteiger partial charge in [0.2, 0.25) is 5.91 Å². The van der Waals surface area contributed by atoms with Crippen LogP contribution in [0, 0.1) is 0 Å². The number of nitrogens with one attached hydrogen (secondary N) is 2. The summed E-state index contributed by atoms with van der Waals surface area (Å²) >= 11 is 0. The number of amides is 3. The number of anilines is 1. The Bertz CT molecular complexity index is 1570. The Hall–Kier alpha value is -4.89. The molecular weight excluding hydrogens is 546 g/mol. The first kappa shape index (κ1) is 31.1. The van der Waals surface area contributed by atoms with Crippen LogP contribution in [-0.4, -0.2) is 57.8 Å². The summed E-state index contributed by atoms with van der Waals surface area (Å²) in [5.74, 6) is -1.43. The second-order valence-corrected chi connectivity index (χ2v) is 11.2. The molecule has 3 amide bonds. The molecule has 0 saturated heterocycles. The average Bonchev–Trinajstić information content (AvgIpc) is 2.96. The molecule has 2 atom stereocenters. The average molecular weight is 584 g/mol. The molecule has 4 N–H and O–H groups in total. The number of carbonyl (C=O) groups excluding carboxylic acids is 3. The minimum atomic E-state index is -1.34. The van der Waals surface area contributed by atoms with Gasteiger partial charge in [0.15, 0.2) is 0 Å². The van der Waals surface area contributed by atoms with Crippen LogP contribution in [0.2, 0.25) is 0 Å². The van der Waals surface area contributed by atoms with E-state index >= 15 is 0 Å². The summed E-state index contributed by atoms with van der Waals surface area (Å²) in [7, 11) is 0. The number of para-hydroxylation sites is 1. The number of alkyl carbamates (subject to hydrolysis) is 1. The van der Waals surface area contributed by atoms with Crippen LogP contribution in [0.15, 0.2) is 97.1 Å². The first-order chi connectivity index (χ1) is 20.6. The molecule has 0 heterocycles. The second kappa shape index (κ2) is 13.8. The van der Waals surface area contributed by atoms with Gasteiger partial charge in [0.05, 0.1) is 6.61 Å². The van der Waals surface area contributed by atoms with Crippen LogP contribution in [0.1, 0.15) is 37.9 Å². The van der Waals surface area contributed by atoms with Crippen molar-refractivity contribution < 1.29 is 29.3 Å². The quantitative estimate of drug-likeness (QED) is 0.204. The third kappa shape index (κ3) is 8.33. The van der Waals surface area contributed by atoms with Gasteiger partial charge in [-0.3, -0.25) is 9.59 Å². The monoisotopic (exact) mass is 583 g/mol. The van der Waals surface area contributed by atoms with Gasteiger partial charge in [-0.2, -0.15) is 0 Å². The fourth-order valence-electron chi connectivity index (χ4n) is 4.82. The lowest BCUT2D eigenvalue weighted by molar-refractivity contribution is -0.141. The first-order valence-corrected chi connectivity index (χ1v) is 14.1. The van der Waals surface area contributed by atoms with E-state index in [0.717, 1.165) is 16.3 Å². The Morgan fingerprint density at radius 1 is 0.860 bits per heavy atom.